The maximum Gasteiger partial charge on any atom is 0.147 e. The van der Waals surface area contributed by atoms with Crippen LogP contribution in [0.4, 0.5) is 4.39 Å². The van der Waals surface area contributed by atoms with Gasteiger partial charge in [-0.15, -0.1) is 12.6 Å². The van der Waals surface area contributed by atoms with Crippen LogP contribution in [0.5, 0.6) is 0 Å². The van der Waals surface area contributed by atoms with Crippen molar-refractivity contribution in [1.29, 1.82) is 0 Å². The number of hydrogen-bond donors (Lipinski definition) is 2. The highest BCUT2D eigenvalue weighted by Gasteiger charge is 2.67. The largest absolute Gasteiger partial charge is 0.348 e. The molecule has 1 aliphatic carbocycles. The first-order valence-electron chi connectivity index (χ1n) is 9.95. The van der Waals surface area contributed by atoms with E-state index in [1.165, 1.54) is 23.0 Å². The minimum Gasteiger partial charge on any atom is -0.348 e. The second kappa shape index (κ2) is 6.93. The van der Waals surface area contributed by atoms with E-state index in [2.05, 4.69) is 27.3 Å². The molecule has 3 aliphatic rings. The summed E-state index contributed by atoms with van der Waals surface area (Å²) in [4.78, 5) is 4.59. The molecule has 5 nitrogen and oxygen atoms in total. The molecule has 5 rings (SSSR count). The van der Waals surface area contributed by atoms with Crippen molar-refractivity contribution in [1.82, 2.24) is 24.9 Å². The Bertz CT molecular complexity index is 991. The molecule has 2 aromatic rings. The Morgan fingerprint density at radius 1 is 1.38 bits per heavy atom. The predicted octanol–water partition coefficient (Wildman–Crippen LogP) is 3.34. The quantitative estimate of drug-likeness (QED) is 0.541. The number of hydrogen-bond acceptors (Lipinski definition) is 5. The van der Waals surface area contributed by atoms with E-state index in [-0.39, 0.29) is 16.7 Å². The molecule has 0 spiro atoms. The van der Waals surface area contributed by atoms with Crippen molar-refractivity contribution < 1.29 is 4.39 Å². The Morgan fingerprint density at radius 3 is 2.97 bits per heavy atom. The molecule has 1 aromatic carbocycles. The third-order valence-electron chi connectivity index (χ3n) is 6.60. The van der Waals surface area contributed by atoms with E-state index in [0.29, 0.717) is 10.9 Å². The van der Waals surface area contributed by atoms with E-state index in [1.54, 1.807) is 6.07 Å². The minimum atomic E-state index is -0.152. The van der Waals surface area contributed by atoms with Crippen LogP contribution in [0.2, 0.25) is 5.02 Å². The first-order valence-corrected chi connectivity index (χ1v) is 10.8. The summed E-state index contributed by atoms with van der Waals surface area (Å²) in [6.07, 6.45) is 5.82. The van der Waals surface area contributed by atoms with Gasteiger partial charge in [0.25, 0.3) is 0 Å². The smallest absolute Gasteiger partial charge is 0.147 e. The van der Waals surface area contributed by atoms with Gasteiger partial charge in [-0.25, -0.2) is 4.39 Å². The van der Waals surface area contributed by atoms with Gasteiger partial charge in [-0.05, 0) is 30.2 Å². The Morgan fingerprint density at radius 2 is 2.21 bits per heavy atom. The second-order valence-corrected chi connectivity index (χ2v) is 9.30. The lowest BCUT2D eigenvalue weighted by atomic mass is 9.94. The maximum atomic E-state index is 14.6. The van der Waals surface area contributed by atoms with Gasteiger partial charge in [-0.1, -0.05) is 11.6 Å². The molecule has 2 aliphatic heterocycles. The Hall–Kier alpha value is -1.70. The van der Waals surface area contributed by atoms with Crippen LogP contribution in [0, 0.1) is 11.7 Å². The van der Waals surface area contributed by atoms with E-state index in [9.17, 15) is 4.39 Å². The summed E-state index contributed by atoms with van der Waals surface area (Å²) in [6, 6.07) is 4.93. The zero-order valence-electron chi connectivity index (χ0n) is 16.6. The molecular formula is C21H25ClFN5S. The monoisotopic (exact) mass is 433 g/mol. The van der Waals surface area contributed by atoms with Crippen molar-refractivity contribution in [2.45, 2.75) is 30.3 Å². The van der Waals surface area contributed by atoms with Crippen molar-refractivity contribution in [2.75, 3.05) is 20.1 Å². The normalized spacial score (nSPS) is 27.6. The fraction of sp³-hybridized carbons (Fsp3) is 0.476. The molecule has 1 saturated heterocycles. The summed E-state index contributed by atoms with van der Waals surface area (Å²) in [5.74, 6) is 0.200. The zero-order chi connectivity index (χ0) is 20.3. The number of allylic oxidation sites excluding steroid dienone is 1. The van der Waals surface area contributed by atoms with Crippen molar-refractivity contribution in [3.63, 3.8) is 0 Å². The number of aryl methyl sites for hydroxylation is 1. The summed E-state index contributed by atoms with van der Waals surface area (Å²) in [6.45, 7) is 2.47. The standard InChI is InChI=1S/C21H25ClFN5S/c1-26-11-13(10-25-26)9-24-6-5-18-19-16-8-21(16,12-28(19)20(29)27(18)2)15-7-14(22)3-4-17(15)23/h3-4,7,10-11,16,20,24,29H,5-6,8-9,12H2,1-2H3/t16-,20?,21+/m0/s1. The molecule has 0 radical (unpaired) electrons. The highest BCUT2D eigenvalue weighted by Crippen LogP contribution is 2.67. The number of nitrogens with one attached hydrogen (secondary N) is 1. The number of fused-ring (bicyclic) bond motifs is 3. The fourth-order valence-electron chi connectivity index (χ4n) is 5.10. The lowest BCUT2D eigenvalue weighted by Crippen LogP contribution is -2.36. The van der Waals surface area contributed by atoms with Gasteiger partial charge in [0.2, 0.25) is 0 Å². The molecule has 0 amide bonds. The summed E-state index contributed by atoms with van der Waals surface area (Å²) in [5, 5.41) is 8.31. The third kappa shape index (κ3) is 3.05. The lowest BCUT2D eigenvalue weighted by molar-refractivity contribution is 0.243. The molecule has 1 aromatic heterocycles. The average Bonchev–Trinajstić information content (AvgIpc) is 2.96. The number of thiol groups is 1. The number of nitrogens with zero attached hydrogens (tertiary/aromatic N) is 4. The van der Waals surface area contributed by atoms with Gasteiger partial charge >= 0.3 is 0 Å². The molecule has 3 heterocycles. The zero-order valence-corrected chi connectivity index (χ0v) is 18.2. The molecular weight excluding hydrogens is 409 g/mol. The van der Waals surface area contributed by atoms with Crippen molar-refractivity contribution in [2.24, 2.45) is 13.0 Å². The van der Waals surface area contributed by atoms with Crippen LogP contribution in [0.1, 0.15) is 24.0 Å². The van der Waals surface area contributed by atoms with E-state index in [1.807, 2.05) is 30.2 Å². The van der Waals surface area contributed by atoms with Crippen molar-refractivity contribution in [3.8, 4) is 0 Å². The summed E-state index contributed by atoms with van der Waals surface area (Å²) < 4.78 is 16.4. The van der Waals surface area contributed by atoms with Crippen LogP contribution in [-0.2, 0) is 19.0 Å². The van der Waals surface area contributed by atoms with Crippen LogP contribution in [0.25, 0.3) is 0 Å². The summed E-state index contributed by atoms with van der Waals surface area (Å²) in [5.41, 5.74) is 4.45. The molecule has 2 fully saturated rings. The minimum absolute atomic E-state index is 0.00486. The molecule has 29 heavy (non-hydrogen) atoms. The predicted molar refractivity (Wildman–Crippen MR) is 115 cm³/mol. The Balaban J connectivity index is 1.34. The fourth-order valence-corrected chi connectivity index (χ4v) is 5.62. The molecule has 3 atom stereocenters. The van der Waals surface area contributed by atoms with E-state index >= 15 is 0 Å². The van der Waals surface area contributed by atoms with Crippen molar-refractivity contribution in [3.05, 3.63) is 64.0 Å². The molecule has 1 N–H and O–H groups in total. The molecule has 1 saturated carbocycles. The summed E-state index contributed by atoms with van der Waals surface area (Å²) >= 11 is 11.0. The van der Waals surface area contributed by atoms with Crippen LogP contribution in [-0.4, -0.2) is 45.2 Å². The van der Waals surface area contributed by atoms with E-state index in [4.69, 9.17) is 24.2 Å². The van der Waals surface area contributed by atoms with E-state index in [0.717, 1.165) is 38.0 Å². The Labute approximate surface area is 180 Å². The third-order valence-corrected chi connectivity index (χ3v) is 7.47. The molecule has 154 valence electrons. The lowest BCUT2D eigenvalue weighted by Gasteiger charge is -2.29. The van der Waals surface area contributed by atoms with Crippen LogP contribution >= 0.6 is 24.2 Å². The van der Waals surface area contributed by atoms with Gasteiger partial charge in [0.15, 0.2) is 0 Å². The number of aromatic nitrogens is 2. The number of rotatable bonds is 6. The maximum absolute atomic E-state index is 14.6. The molecule has 8 heteroatoms. The van der Waals surface area contributed by atoms with Gasteiger partial charge < -0.3 is 15.1 Å². The SMILES string of the molecule is CN1C(CCNCc2cnn(C)c2)=C2[C@@H]3C[C@]3(c3cc(Cl)ccc3F)CN2C1S. The molecule has 1 unspecified atom stereocenters. The first-order chi connectivity index (χ1) is 13.9. The molecule has 0 bridgehead atoms. The number of halogens is 2. The average molecular weight is 434 g/mol. The Kier molecular flexibility index (Phi) is 4.60. The summed E-state index contributed by atoms with van der Waals surface area (Å²) in [7, 11) is 4.03. The van der Waals surface area contributed by atoms with Gasteiger partial charge in [0, 0.05) is 79.7 Å². The van der Waals surface area contributed by atoms with Crippen LogP contribution in [0.15, 0.2) is 42.0 Å². The second-order valence-electron chi connectivity index (χ2n) is 8.40. The van der Waals surface area contributed by atoms with Gasteiger partial charge in [0.05, 0.1) is 6.20 Å². The van der Waals surface area contributed by atoms with Crippen LogP contribution < -0.4 is 5.32 Å². The first kappa shape index (κ1) is 19.3. The van der Waals surface area contributed by atoms with Gasteiger partial charge in [-0.3, -0.25) is 4.68 Å². The van der Waals surface area contributed by atoms with Crippen LogP contribution in [0.3, 0.4) is 0 Å². The van der Waals surface area contributed by atoms with E-state index < -0.39 is 0 Å². The topological polar surface area (TPSA) is 36.3 Å². The van der Waals surface area contributed by atoms with Gasteiger partial charge in [-0.2, -0.15) is 5.10 Å². The highest BCUT2D eigenvalue weighted by molar-refractivity contribution is 7.80. The van der Waals surface area contributed by atoms with Crippen molar-refractivity contribution >= 4 is 24.2 Å². The number of piperidine rings is 1. The highest BCUT2D eigenvalue weighted by atomic mass is 35.5. The van der Waals surface area contributed by atoms with Gasteiger partial charge in [0.1, 0.15) is 11.3 Å². The number of benzene rings is 1.